The van der Waals surface area contributed by atoms with Crippen LogP contribution in [0.4, 0.5) is 4.39 Å². The van der Waals surface area contributed by atoms with Gasteiger partial charge in [-0.05, 0) is 32.0 Å². The fourth-order valence-electron chi connectivity index (χ4n) is 1.32. The molecule has 1 atom stereocenters. The van der Waals surface area contributed by atoms with Gasteiger partial charge < -0.3 is 10.1 Å². The SMILES string of the molecule is CCCNCC(C)Oc1cccc(Cl)c1F. The first-order chi connectivity index (χ1) is 7.65. The lowest BCUT2D eigenvalue weighted by molar-refractivity contribution is 0.208. The summed E-state index contributed by atoms with van der Waals surface area (Å²) in [6.45, 7) is 5.61. The average molecular weight is 246 g/mol. The van der Waals surface area contributed by atoms with Crippen molar-refractivity contribution in [2.24, 2.45) is 0 Å². The third-order valence-corrected chi connectivity index (χ3v) is 2.39. The van der Waals surface area contributed by atoms with E-state index >= 15 is 0 Å². The van der Waals surface area contributed by atoms with E-state index in [0.717, 1.165) is 13.0 Å². The van der Waals surface area contributed by atoms with Gasteiger partial charge in [-0.2, -0.15) is 0 Å². The number of halogens is 2. The van der Waals surface area contributed by atoms with Crippen LogP contribution < -0.4 is 10.1 Å². The highest BCUT2D eigenvalue weighted by molar-refractivity contribution is 6.30. The Balaban J connectivity index is 2.49. The van der Waals surface area contributed by atoms with Crippen molar-refractivity contribution in [2.75, 3.05) is 13.1 Å². The average Bonchev–Trinajstić information content (AvgIpc) is 2.25. The summed E-state index contributed by atoms with van der Waals surface area (Å²) in [5, 5.41) is 3.30. The minimum atomic E-state index is -0.494. The van der Waals surface area contributed by atoms with Crippen LogP contribution in [0.1, 0.15) is 20.3 Å². The second-order valence-corrected chi connectivity index (χ2v) is 4.09. The van der Waals surface area contributed by atoms with Crippen LogP contribution in [0.3, 0.4) is 0 Å². The van der Waals surface area contributed by atoms with Crippen molar-refractivity contribution in [1.82, 2.24) is 5.32 Å². The Hall–Kier alpha value is -0.800. The Morgan fingerprint density at radius 3 is 2.94 bits per heavy atom. The van der Waals surface area contributed by atoms with E-state index in [1.807, 2.05) is 6.92 Å². The number of hydrogen-bond donors (Lipinski definition) is 1. The molecule has 2 nitrogen and oxygen atoms in total. The van der Waals surface area contributed by atoms with Crippen LogP contribution in [0.2, 0.25) is 5.02 Å². The Morgan fingerprint density at radius 1 is 1.50 bits per heavy atom. The van der Waals surface area contributed by atoms with Crippen LogP contribution in [0.5, 0.6) is 5.75 Å². The summed E-state index contributed by atoms with van der Waals surface area (Å²) >= 11 is 5.65. The summed E-state index contributed by atoms with van der Waals surface area (Å²) in [5.41, 5.74) is 0. The van der Waals surface area contributed by atoms with Gasteiger partial charge in [0.1, 0.15) is 6.10 Å². The van der Waals surface area contributed by atoms with Crippen LogP contribution in [-0.4, -0.2) is 19.2 Å². The van der Waals surface area contributed by atoms with Crippen molar-refractivity contribution in [2.45, 2.75) is 26.4 Å². The van der Waals surface area contributed by atoms with Gasteiger partial charge in [-0.3, -0.25) is 0 Å². The van der Waals surface area contributed by atoms with E-state index in [1.54, 1.807) is 12.1 Å². The van der Waals surface area contributed by atoms with E-state index in [2.05, 4.69) is 12.2 Å². The molecule has 0 saturated carbocycles. The first kappa shape index (κ1) is 13.3. The highest BCUT2D eigenvalue weighted by atomic mass is 35.5. The molecular weight excluding hydrogens is 229 g/mol. The van der Waals surface area contributed by atoms with Crippen LogP contribution in [0, 0.1) is 5.82 Å². The lowest BCUT2D eigenvalue weighted by atomic mass is 10.3. The van der Waals surface area contributed by atoms with Gasteiger partial charge in [0, 0.05) is 6.54 Å². The predicted octanol–water partition coefficient (Wildman–Crippen LogP) is 3.25. The molecule has 1 rings (SSSR count). The topological polar surface area (TPSA) is 21.3 Å². The molecule has 16 heavy (non-hydrogen) atoms. The molecule has 0 amide bonds. The summed E-state index contributed by atoms with van der Waals surface area (Å²) in [7, 11) is 0. The summed E-state index contributed by atoms with van der Waals surface area (Å²) in [6, 6.07) is 4.76. The second-order valence-electron chi connectivity index (χ2n) is 3.68. The van der Waals surface area contributed by atoms with Crippen molar-refractivity contribution in [1.29, 1.82) is 0 Å². The molecule has 1 unspecified atom stereocenters. The fourth-order valence-corrected chi connectivity index (χ4v) is 1.48. The fraction of sp³-hybridized carbons (Fsp3) is 0.500. The van der Waals surface area contributed by atoms with Crippen LogP contribution in [0.25, 0.3) is 0 Å². The van der Waals surface area contributed by atoms with Crippen LogP contribution >= 0.6 is 11.6 Å². The minimum absolute atomic E-state index is 0.0838. The van der Waals surface area contributed by atoms with E-state index in [0.29, 0.717) is 6.54 Å². The summed E-state index contributed by atoms with van der Waals surface area (Å²) in [4.78, 5) is 0. The maximum atomic E-state index is 13.5. The number of benzene rings is 1. The Bertz CT molecular complexity index is 333. The molecule has 1 N–H and O–H groups in total. The number of ether oxygens (including phenoxy) is 1. The van der Waals surface area contributed by atoms with Gasteiger partial charge in [-0.25, -0.2) is 4.39 Å². The molecule has 4 heteroatoms. The largest absolute Gasteiger partial charge is 0.486 e. The molecule has 0 aromatic heterocycles. The molecule has 0 aliphatic carbocycles. The summed E-state index contributed by atoms with van der Waals surface area (Å²) in [5.74, 6) is -0.287. The predicted molar refractivity (Wildman–Crippen MR) is 64.7 cm³/mol. The molecule has 0 radical (unpaired) electrons. The van der Waals surface area contributed by atoms with Gasteiger partial charge in [0.05, 0.1) is 5.02 Å². The first-order valence-electron chi connectivity index (χ1n) is 5.46. The molecule has 0 saturated heterocycles. The van der Waals surface area contributed by atoms with E-state index in [1.165, 1.54) is 6.07 Å². The molecule has 0 aliphatic heterocycles. The molecule has 0 bridgehead atoms. The second kappa shape index (κ2) is 6.71. The van der Waals surface area contributed by atoms with E-state index in [9.17, 15) is 4.39 Å². The monoisotopic (exact) mass is 245 g/mol. The van der Waals surface area contributed by atoms with Crippen LogP contribution in [-0.2, 0) is 0 Å². The third-order valence-electron chi connectivity index (χ3n) is 2.10. The molecule has 90 valence electrons. The molecule has 1 aromatic rings. The highest BCUT2D eigenvalue weighted by Crippen LogP contribution is 2.24. The normalized spacial score (nSPS) is 12.5. The smallest absolute Gasteiger partial charge is 0.183 e. The maximum Gasteiger partial charge on any atom is 0.183 e. The summed E-state index contributed by atoms with van der Waals surface area (Å²) < 4.78 is 18.9. The standard InChI is InChI=1S/C12H17ClFNO/c1-3-7-15-8-9(2)16-11-6-4-5-10(13)12(11)14/h4-6,9,15H,3,7-8H2,1-2H3. The van der Waals surface area contributed by atoms with Gasteiger partial charge in [-0.1, -0.05) is 24.6 Å². The van der Waals surface area contributed by atoms with Crippen molar-refractivity contribution in [3.8, 4) is 5.75 Å². The van der Waals surface area contributed by atoms with Crippen LogP contribution in [0.15, 0.2) is 18.2 Å². The zero-order chi connectivity index (χ0) is 12.0. The molecule has 0 aliphatic rings. The van der Waals surface area contributed by atoms with Gasteiger partial charge in [-0.15, -0.1) is 0 Å². The summed E-state index contributed by atoms with van der Waals surface area (Å²) in [6.07, 6.45) is 0.984. The Morgan fingerprint density at radius 2 is 2.25 bits per heavy atom. The molecule has 0 heterocycles. The number of nitrogens with one attached hydrogen (secondary N) is 1. The lowest BCUT2D eigenvalue weighted by Gasteiger charge is -2.15. The van der Waals surface area contributed by atoms with Crippen molar-refractivity contribution in [3.05, 3.63) is 29.0 Å². The number of hydrogen-bond acceptors (Lipinski definition) is 2. The maximum absolute atomic E-state index is 13.5. The van der Waals surface area contributed by atoms with Crippen molar-refractivity contribution < 1.29 is 9.13 Å². The molecule has 1 aromatic carbocycles. The Labute approximate surface area is 101 Å². The Kier molecular flexibility index (Phi) is 5.56. The molecule has 0 spiro atoms. The zero-order valence-electron chi connectivity index (χ0n) is 9.59. The quantitative estimate of drug-likeness (QED) is 0.777. The zero-order valence-corrected chi connectivity index (χ0v) is 10.4. The highest BCUT2D eigenvalue weighted by Gasteiger charge is 2.10. The minimum Gasteiger partial charge on any atom is -0.486 e. The molecular formula is C12H17ClFNO. The molecule has 0 fully saturated rings. The van der Waals surface area contributed by atoms with Gasteiger partial charge in [0.25, 0.3) is 0 Å². The van der Waals surface area contributed by atoms with Gasteiger partial charge in [0.15, 0.2) is 11.6 Å². The van der Waals surface area contributed by atoms with Crippen molar-refractivity contribution in [3.63, 3.8) is 0 Å². The lowest BCUT2D eigenvalue weighted by Crippen LogP contribution is -2.29. The van der Waals surface area contributed by atoms with Gasteiger partial charge in [0.2, 0.25) is 0 Å². The number of rotatable bonds is 6. The van der Waals surface area contributed by atoms with E-state index in [-0.39, 0.29) is 16.9 Å². The third kappa shape index (κ3) is 3.99. The van der Waals surface area contributed by atoms with E-state index < -0.39 is 5.82 Å². The van der Waals surface area contributed by atoms with E-state index in [4.69, 9.17) is 16.3 Å². The van der Waals surface area contributed by atoms with Crippen molar-refractivity contribution >= 4 is 11.6 Å². The first-order valence-corrected chi connectivity index (χ1v) is 5.84. The van der Waals surface area contributed by atoms with Gasteiger partial charge >= 0.3 is 0 Å².